The third-order valence-corrected chi connectivity index (χ3v) is 2.64. The SMILES string of the molecule is Cc1ccc(F)c(OCCCC(C)(O)CN)c1. The fraction of sp³-hybridized carbons (Fsp3) is 0.538. The lowest BCUT2D eigenvalue weighted by atomic mass is 10.0. The lowest BCUT2D eigenvalue weighted by Crippen LogP contribution is -2.34. The number of nitrogens with two attached hydrogens (primary N) is 1. The lowest BCUT2D eigenvalue weighted by molar-refractivity contribution is 0.0534. The van der Waals surface area contributed by atoms with Crippen LogP contribution in [0, 0.1) is 12.7 Å². The molecule has 1 atom stereocenters. The topological polar surface area (TPSA) is 55.5 Å². The van der Waals surface area contributed by atoms with Gasteiger partial charge in [-0.15, -0.1) is 0 Å². The molecular formula is C13H20FNO2. The number of hydrogen-bond acceptors (Lipinski definition) is 3. The van der Waals surface area contributed by atoms with Crippen molar-refractivity contribution in [2.24, 2.45) is 5.73 Å². The number of halogens is 1. The van der Waals surface area contributed by atoms with Crippen molar-refractivity contribution in [2.45, 2.75) is 32.3 Å². The minimum Gasteiger partial charge on any atom is -0.491 e. The molecule has 0 saturated heterocycles. The van der Waals surface area contributed by atoms with Crippen molar-refractivity contribution >= 4 is 0 Å². The number of hydrogen-bond donors (Lipinski definition) is 2. The number of rotatable bonds is 6. The molecule has 0 radical (unpaired) electrons. The van der Waals surface area contributed by atoms with Gasteiger partial charge in [0, 0.05) is 6.54 Å². The van der Waals surface area contributed by atoms with Gasteiger partial charge in [0.15, 0.2) is 11.6 Å². The molecule has 0 saturated carbocycles. The number of aryl methyl sites for hydroxylation is 1. The highest BCUT2D eigenvalue weighted by Crippen LogP contribution is 2.19. The van der Waals surface area contributed by atoms with Gasteiger partial charge in [0.1, 0.15) is 0 Å². The summed E-state index contributed by atoms with van der Waals surface area (Å²) in [6.45, 7) is 4.15. The van der Waals surface area contributed by atoms with E-state index in [9.17, 15) is 9.50 Å². The van der Waals surface area contributed by atoms with Crippen molar-refractivity contribution in [3.8, 4) is 5.75 Å². The molecule has 0 heterocycles. The molecule has 4 heteroatoms. The summed E-state index contributed by atoms with van der Waals surface area (Å²) in [7, 11) is 0. The molecule has 3 N–H and O–H groups in total. The van der Waals surface area contributed by atoms with E-state index in [-0.39, 0.29) is 18.1 Å². The largest absolute Gasteiger partial charge is 0.491 e. The average molecular weight is 241 g/mol. The van der Waals surface area contributed by atoms with E-state index in [4.69, 9.17) is 10.5 Å². The van der Waals surface area contributed by atoms with Crippen molar-refractivity contribution in [1.29, 1.82) is 0 Å². The van der Waals surface area contributed by atoms with E-state index in [1.165, 1.54) is 6.07 Å². The summed E-state index contributed by atoms with van der Waals surface area (Å²) in [5.41, 5.74) is 5.48. The second kappa shape index (κ2) is 5.98. The predicted octanol–water partition coefficient (Wildman–Crippen LogP) is 2.00. The summed E-state index contributed by atoms with van der Waals surface area (Å²) < 4.78 is 18.6. The van der Waals surface area contributed by atoms with Crippen LogP contribution < -0.4 is 10.5 Å². The van der Waals surface area contributed by atoms with Gasteiger partial charge in [0.05, 0.1) is 12.2 Å². The molecule has 1 aromatic carbocycles. The zero-order chi connectivity index (χ0) is 12.9. The van der Waals surface area contributed by atoms with Gasteiger partial charge >= 0.3 is 0 Å². The Morgan fingerprint density at radius 2 is 2.18 bits per heavy atom. The molecule has 0 aromatic heterocycles. The molecule has 0 bridgehead atoms. The first-order chi connectivity index (χ1) is 7.94. The highest BCUT2D eigenvalue weighted by molar-refractivity contribution is 5.29. The molecule has 0 amide bonds. The summed E-state index contributed by atoms with van der Waals surface area (Å²) in [4.78, 5) is 0. The number of ether oxygens (including phenoxy) is 1. The van der Waals surface area contributed by atoms with Crippen LogP contribution in [0.25, 0.3) is 0 Å². The second-order valence-corrected chi connectivity index (χ2v) is 4.59. The van der Waals surface area contributed by atoms with E-state index in [0.717, 1.165) is 5.56 Å². The molecule has 0 aliphatic rings. The molecule has 0 aliphatic heterocycles. The van der Waals surface area contributed by atoms with Crippen LogP contribution in [-0.4, -0.2) is 23.9 Å². The van der Waals surface area contributed by atoms with E-state index in [1.54, 1.807) is 19.1 Å². The molecule has 0 spiro atoms. The van der Waals surface area contributed by atoms with Crippen molar-refractivity contribution in [3.05, 3.63) is 29.6 Å². The minimum absolute atomic E-state index is 0.214. The molecule has 3 nitrogen and oxygen atoms in total. The maximum Gasteiger partial charge on any atom is 0.165 e. The Kier molecular flexibility index (Phi) is 4.90. The lowest BCUT2D eigenvalue weighted by Gasteiger charge is -2.20. The Hall–Kier alpha value is -1.13. The Morgan fingerprint density at radius 3 is 2.82 bits per heavy atom. The van der Waals surface area contributed by atoms with Crippen LogP contribution >= 0.6 is 0 Å². The van der Waals surface area contributed by atoms with Gasteiger partial charge in [-0.25, -0.2) is 4.39 Å². The fourth-order valence-corrected chi connectivity index (χ4v) is 1.46. The zero-order valence-electron chi connectivity index (χ0n) is 10.4. The van der Waals surface area contributed by atoms with Crippen molar-refractivity contribution in [2.75, 3.05) is 13.2 Å². The summed E-state index contributed by atoms with van der Waals surface area (Å²) in [6.07, 6.45) is 1.18. The first kappa shape index (κ1) is 13.9. The van der Waals surface area contributed by atoms with Gasteiger partial charge < -0.3 is 15.6 Å². The Bertz CT molecular complexity index is 366. The second-order valence-electron chi connectivity index (χ2n) is 4.59. The average Bonchev–Trinajstić information content (AvgIpc) is 2.29. The smallest absolute Gasteiger partial charge is 0.165 e. The number of benzene rings is 1. The van der Waals surface area contributed by atoms with Crippen LogP contribution in [0.1, 0.15) is 25.3 Å². The van der Waals surface area contributed by atoms with E-state index in [0.29, 0.717) is 19.4 Å². The number of aliphatic hydroxyl groups is 1. The summed E-state index contributed by atoms with van der Waals surface area (Å²) in [5.74, 6) is -0.0985. The zero-order valence-corrected chi connectivity index (χ0v) is 10.4. The standard InChI is InChI=1S/C13H20FNO2/c1-10-4-5-11(14)12(8-10)17-7-3-6-13(2,16)9-15/h4-5,8,16H,3,6-7,9,15H2,1-2H3. The first-order valence-electron chi connectivity index (χ1n) is 5.76. The Morgan fingerprint density at radius 1 is 1.47 bits per heavy atom. The highest BCUT2D eigenvalue weighted by Gasteiger charge is 2.17. The van der Waals surface area contributed by atoms with Gasteiger partial charge in [-0.3, -0.25) is 0 Å². The summed E-state index contributed by atoms with van der Waals surface area (Å²) in [5, 5.41) is 9.66. The fourth-order valence-electron chi connectivity index (χ4n) is 1.46. The van der Waals surface area contributed by atoms with Crippen LogP contribution in [0.2, 0.25) is 0 Å². The molecule has 0 aliphatic carbocycles. The summed E-state index contributed by atoms with van der Waals surface area (Å²) in [6, 6.07) is 4.75. The summed E-state index contributed by atoms with van der Waals surface area (Å²) >= 11 is 0. The third-order valence-electron chi connectivity index (χ3n) is 2.64. The van der Waals surface area contributed by atoms with Gasteiger partial charge in [-0.1, -0.05) is 6.07 Å². The molecule has 17 heavy (non-hydrogen) atoms. The van der Waals surface area contributed by atoms with Gasteiger partial charge in [0.25, 0.3) is 0 Å². The molecule has 1 aromatic rings. The van der Waals surface area contributed by atoms with E-state index >= 15 is 0 Å². The normalized spacial score (nSPS) is 14.4. The van der Waals surface area contributed by atoms with Crippen LogP contribution in [0.15, 0.2) is 18.2 Å². The van der Waals surface area contributed by atoms with Crippen LogP contribution in [0.3, 0.4) is 0 Å². The van der Waals surface area contributed by atoms with Gasteiger partial charge in [0.2, 0.25) is 0 Å². The predicted molar refractivity (Wildman–Crippen MR) is 65.5 cm³/mol. The Balaban J connectivity index is 2.38. The third kappa shape index (κ3) is 4.71. The van der Waals surface area contributed by atoms with Crippen LogP contribution in [-0.2, 0) is 0 Å². The van der Waals surface area contributed by atoms with Gasteiger partial charge in [-0.2, -0.15) is 0 Å². The molecular weight excluding hydrogens is 221 g/mol. The molecule has 0 fully saturated rings. The van der Waals surface area contributed by atoms with Crippen molar-refractivity contribution in [1.82, 2.24) is 0 Å². The quantitative estimate of drug-likeness (QED) is 0.749. The molecule has 1 unspecified atom stereocenters. The van der Waals surface area contributed by atoms with Gasteiger partial charge in [-0.05, 0) is 44.4 Å². The van der Waals surface area contributed by atoms with Crippen LogP contribution in [0.4, 0.5) is 4.39 Å². The maximum absolute atomic E-state index is 13.3. The first-order valence-corrected chi connectivity index (χ1v) is 5.76. The monoisotopic (exact) mass is 241 g/mol. The van der Waals surface area contributed by atoms with E-state index < -0.39 is 5.60 Å². The molecule has 96 valence electrons. The van der Waals surface area contributed by atoms with Crippen molar-refractivity contribution < 1.29 is 14.2 Å². The highest BCUT2D eigenvalue weighted by atomic mass is 19.1. The van der Waals surface area contributed by atoms with Crippen LogP contribution in [0.5, 0.6) is 5.75 Å². The van der Waals surface area contributed by atoms with E-state index in [2.05, 4.69) is 0 Å². The molecule has 1 rings (SSSR count). The van der Waals surface area contributed by atoms with Crippen molar-refractivity contribution in [3.63, 3.8) is 0 Å². The maximum atomic E-state index is 13.3. The Labute approximate surface area is 101 Å². The van der Waals surface area contributed by atoms with E-state index in [1.807, 2.05) is 6.92 Å². The minimum atomic E-state index is -0.867.